The van der Waals surface area contributed by atoms with E-state index in [4.69, 9.17) is 0 Å². The first kappa shape index (κ1) is 9.60. The van der Waals surface area contributed by atoms with Gasteiger partial charge in [-0.3, -0.25) is 0 Å². The first-order valence-corrected chi connectivity index (χ1v) is 5.66. The van der Waals surface area contributed by atoms with Crippen LogP contribution in [0.2, 0.25) is 0 Å². The van der Waals surface area contributed by atoms with Gasteiger partial charge in [-0.25, -0.2) is 4.98 Å². The number of aromatic nitrogens is 2. The van der Waals surface area contributed by atoms with Crippen molar-refractivity contribution < 1.29 is 0 Å². The molecule has 3 heteroatoms. The van der Waals surface area contributed by atoms with E-state index in [2.05, 4.69) is 46.1 Å². The molecular weight excluding hydrogens is 198 g/mol. The highest BCUT2D eigenvalue weighted by Gasteiger charge is 2.23. The van der Waals surface area contributed by atoms with Gasteiger partial charge in [0, 0.05) is 30.5 Å². The third kappa shape index (κ3) is 1.44. The second-order valence-corrected chi connectivity index (χ2v) is 4.27. The Balaban J connectivity index is 2.07. The molecule has 1 N–H and O–H groups in total. The van der Waals surface area contributed by atoms with Gasteiger partial charge in [0.25, 0.3) is 0 Å². The van der Waals surface area contributed by atoms with Gasteiger partial charge >= 0.3 is 0 Å². The van der Waals surface area contributed by atoms with Crippen LogP contribution in [0.15, 0.2) is 36.5 Å². The average Bonchev–Trinajstić information content (AvgIpc) is 2.60. The zero-order valence-corrected chi connectivity index (χ0v) is 9.35. The fourth-order valence-corrected chi connectivity index (χ4v) is 2.16. The van der Waals surface area contributed by atoms with Crippen molar-refractivity contribution in [1.29, 1.82) is 0 Å². The quantitative estimate of drug-likeness (QED) is 0.827. The topological polar surface area (TPSA) is 29.9 Å². The minimum atomic E-state index is 0.567. The monoisotopic (exact) mass is 213 g/mol. The number of nitrogens with one attached hydrogen (secondary N) is 1. The van der Waals surface area contributed by atoms with Crippen molar-refractivity contribution >= 4 is 0 Å². The summed E-state index contributed by atoms with van der Waals surface area (Å²) in [6.45, 7) is 4.23. The second kappa shape index (κ2) is 3.76. The molecule has 0 aliphatic carbocycles. The van der Waals surface area contributed by atoms with Crippen LogP contribution in [-0.4, -0.2) is 22.6 Å². The number of aryl methyl sites for hydroxylation is 1. The van der Waals surface area contributed by atoms with Gasteiger partial charge in [-0.2, -0.15) is 0 Å². The van der Waals surface area contributed by atoms with Crippen LogP contribution < -0.4 is 5.32 Å². The van der Waals surface area contributed by atoms with Crippen molar-refractivity contribution in [2.75, 3.05) is 13.1 Å². The molecule has 0 bridgehead atoms. The van der Waals surface area contributed by atoms with E-state index < -0.39 is 0 Å². The SMILES string of the molecule is Cc1cnc(-c2ccccc2)n1C1CNC1. The van der Waals surface area contributed by atoms with E-state index in [9.17, 15) is 0 Å². The van der Waals surface area contributed by atoms with E-state index in [1.54, 1.807) is 0 Å². The van der Waals surface area contributed by atoms with E-state index >= 15 is 0 Å². The number of hydrogen-bond donors (Lipinski definition) is 1. The molecule has 0 unspecified atom stereocenters. The second-order valence-electron chi connectivity index (χ2n) is 4.27. The highest BCUT2D eigenvalue weighted by molar-refractivity contribution is 5.56. The molecule has 1 saturated heterocycles. The highest BCUT2D eigenvalue weighted by atomic mass is 15.2. The summed E-state index contributed by atoms with van der Waals surface area (Å²) in [7, 11) is 0. The molecule has 1 fully saturated rings. The minimum Gasteiger partial charge on any atom is -0.323 e. The van der Waals surface area contributed by atoms with Crippen LogP contribution >= 0.6 is 0 Å². The van der Waals surface area contributed by atoms with Crippen molar-refractivity contribution in [3.05, 3.63) is 42.2 Å². The number of rotatable bonds is 2. The minimum absolute atomic E-state index is 0.567. The Morgan fingerprint density at radius 1 is 1.25 bits per heavy atom. The molecule has 1 aliphatic rings. The van der Waals surface area contributed by atoms with Crippen molar-refractivity contribution in [3.8, 4) is 11.4 Å². The van der Waals surface area contributed by atoms with E-state index in [1.165, 1.54) is 11.3 Å². The Morgan fingerprint density at radius 2 is 2.00 bits per heavy atom. The molecule has 0 radical (unpaired) electrons. The van der Waals surface area contributed by atoms with E-state index in [1.807, 2.05) is 12.3 Å². The molecule has 2 aromatic rings. The summed E-state index contributed by atoms with van der Waals surface area (Å²) in [4.78, 5) is 4.52. The lowest BCUT2D eigenvalue weighted by molar-refractivity contribution is 0.342. The van der Waals surface area contributed by atoms with Crippen molar-refractivity contribution in [2.45, 2.75) is 13.0 Å². The van der Waals surface area contributed by atoms with Crippen LogP contribution in [-0.2, 0) is 0 Å². The zero-order valence-electron chi connectivity index (χ0n) is 9.35. The molecule has 1 aliphatic heterocycles. The summed E-state index contributed by atoms with van der Waals surface area (Å²) in [5, 5.41) is 3.31. The van der Waals surface area contributed by atoms with Crippen molar-refractivity contribution in [3.63, 3.8) is 0 Å². The normalized spacial score (nSPS) is 16.1. The van der Waals surface area contributed by atoms with Crippen molar-refractivity contribution in [2.24, 2.45) is 0 Å². The van der Waals surface area contributed by atoms with Gasteiger partial charge in [0.2, 0.25) is 0 Å². The molecule has 1 aromatic carbocycles. The molecule has 2 heterocycles. The lowest BCUT2D eigenvalue weighted by Gasteiger charge is -2.31. The zero-order chi connectivity index (χ0) is 11.0. The van der Waals surface area contributed by atoms with Gasteiger partial charge in [-0.05, 0) is 6.92 Å². The summed E-state index contributed by atoms with van der Waals surface area (Å²) in [5.41, 5.74) is 2.44. The van der Waals surface area contributed by atoms with E-state index in [0.29, 0.717) is 6.04 Å². The van der Waals surface area contributed by atoms with Crippen molar-refractivity contribution in [1.82, 2.24) is 14.9 Å². The Hall–Kier alpha value is -1.61. The summed E-state index contributed by atoms with van der Waals surface area (Å²) < 4.78 is 2.34. The molecule has 1 aromatic heterocycles. The van der Waals surface area contributed by atoms with Crippen LogP contribution in [0.5, 0.6) is 0 Å². The summed E-state index contributed by atoms with van der Waals surface area (Å²) in [6.07, 6.45) is 1.96. The number of hydrogen-bond acceptors (Lipinski definition) is 2. The molecule has 0 saturated carbocycles. The highest BCUT2D eigenvalue weighted by Crippen LogP contribution is 2.25. The third-order valence-corrected chi connectivity index (χ3v) is 3.14. The largest absolute Gasteiger partial charge is 0.323 e. The smallest absolute Gasteiger partial charge is 0.140 e. The van der Waals surface area contributed by atoms with Gasteiger partial charge in [-0.15, -0.1) is 0 Å². The predicted octanol–water partition coefficient (Wildman–Crippen LogP) is 2.00. The van der Waals surface area contributed by atoms with E-state index in [0.717, 1.165) is 18.9 Å². The predicted molar refractivity (Wildman–Crippen MR) is 64.3 cm³/mol. The Labute approximate surface area is 95.1 Å². The van der Waals surface area contributed by atoms with Crippen LogP contribution in [0.3, 0.4) is 0 Å². The first-order chi connectivity index (χ1) is 7.86. The summed E-state index contributed by atoms with van der Waals surface area (Å²) in [6, 6.07) is 11.0. The Bertz CT molecular complexity index is 483. The molecular formula is C13H15N3. The van der Waals surface area contributed by atoms with Gasteiger partial charge in [0.05, 0.1) is 6.04 Å². The van der Waals surface area contributed by atoms with Crippen LogP contribution in [0, 0.1) is 6.92 Å². The maximum Gasteiger partial charge on any atom is 0.140 e. The van der Waals surface area contributed by atoms with Gasteiger partial charge in [0.15, 0.2) is 0 Å². The van der Waals surface area contributed by atoms with Gasteiger partial charge in [0.1, 0.15) is 5.82 Å². The van der Waals surface area contributed by atoms with Gasteiger partial charge in [-0.1, -0.05) is 30.3 Å². The van der Waals surface area contributed by atoms with Crippen LogP contribution in [0.4, 0.5) is 0 Å². The molecule has 82 valence electrons. The fourth-order valence-electron chi connectivity index (χ4n) is 2.16. The Kier molecular flexibility index (Phi) is 2.26. The molecule has 3 nitrogen and oxygen atoms in total. The number of benzene rings is 1. The lowest BCUT2D eigenvalue weighted by Crippen LogP contribution is -2.43. The maximum absolute atomic E-state index is 4.52. The van der Waals surface area contributed by atoms with Crippen LogP contribution in [0.1, 0.15) is 11.7 Å². The molecule has 3 rings (SSSR count). The lowest BCUT2D eigenvalue weighted by atomic mass is 10.1. The van der Waals surface area contributed by atoms with Crippen LogP contribution in [0.25, 0.3) is 11.4 Å². The average molecular weight is 213 g/mol. The van der Waals surface area contributed by atoms with E-state index in [-0.39, 0.29) is 0 Å². The summed E-state index contributed by atoms with van der Waals surface area (Å²) in [5.74, 6) is 1.09. The fraction of sp³-hybridized carbons (Fsp3) is 0.308. The number of imidazole rings is 1. The summed E-state index contributed by atoms with van der Waals surface area (Å²) >= 11 is 0. The molecule has 16 heavy (non-hydrogen) atoms. The molecule has 0 atom stereocenters. The third-order valence-electron chi connectivity index (χ3n) is 3.14. The molecule has 0 amide bonds. The van der Waals surface area contributed by atoms with Gasteiger partial charge < -0.3 is 9.88 Å². The molecule has 0 spiro atoms. The maximum atomic E-state index is 4.52. The number of nitrogens with zero attached hydrogens (tertiary/aromatic N) is 2. The Morgan fingerprint density at radius 3 is 2.62 bits per heavy atom. The first-order valence-electron chi connectivity index (χ1n) is 5.66. The standard InChI is InChI=1S/C13H15N3/c1-10-7-15-13(11-5-3-2-4-6-11)16(10)12-8-14-9-12/h2-7,12,14H,8-9H2,1H3.